The van der Waals surface area contributed by atoms with E-state index >= 15 is 0 Å². The number of carbonyl (C=O) groups excluding carboxylic acids is 2. The Kier molecular flexibility index (Phi) is 4.57. The predicted octanol–water partition coefficient (Wildman–Crippen LogP) is 2.38. The topological polar surface area (TPSA) is 133 Å². The molecule has 5 N–H and O–H groups in total. The van der Waals surface area contributed by atoms with Crippen LogP contribution < -0.4 is 16.8 Å². The van der Waals surface area contributed by atoms with Crippen LogP contribution in [-0.4, -0.2) is 24.9 Å². The van der Waals surface area contributed by atoms with Gasteiger partial charge < -0.3 is 25.9 Å². The van der Waals surface area contributed by atoms with Crippen molar-refractivity contribution in [2.24, 2.45) is 16.5 Å². The maximum atomic E-state index is 12.4. The fourth-order valence-corrected chi connectivity index (χ4v) is 2.40. The summed E-state index contributed by atoms with van der Waals surface area (Å²) in [7, 11) is 1.29. The lowest BCUT2D eigenvalue weighted by Crippen LogP contribution is -2.21. The number of anilines is 1. The summed E-state index contributed by atoms with van der Waals surface area (Å²) in [5.41, 5.74) is 12.6. The molecule has 0 radical (unpaired) electrons. The van der Waals surface area contributed by atoms with Crippen LogP contribution in [0.5, 0.6) is 0 Å². The third-order valence-electron chi connectivity index (χ3n) is 3.52. The lowest BCUT2D eigenvalue weighted by atomic mass is 10.2. The van der Waals surface area contributed by atoms with E-state index in [1.165, 1.54) is 13.2 Å². The molecule has 8 nitrogen and oxygen atoms in total. The minimum atomic E-state index is -0.489. The summed E-state index contributed by atoms with van der Waals surface area (Å²) in [6, 6.07) is 13.0. The number of carbonyl (C=O) groups is 2. The van der Waals surface area contributed by atoms with Crippen molar-refractivity contribution in [3.8, 4) is 0 Å². The second-order valence-corrected chi connectivity index (χ2v) is 5.40. The highest BCUT2D eigenvalue weighted by atomic mass is 16.5. The fraction of sp³-hybridized carbons (Fsp3) is 0.0556. The predicted molar refractivity (Wildman–Crippen MR) is 97.4 cm³/mol. The van der Waals surface area contributed by atoms with Gasteiger partial charge in [0.15, 0.2) is 11.7 Å². The van der Waals surface area contributed by atoms with E-state index in [2.05, 4.69) is 15.0 Å². The molecule has 132 valence electrons. The molecule has 0 atom stereocenters. The summed E-state index contributed by atoms with van der Waals surface area (Å²) in [4.78, 5) is 27.9. The van der Waals surface area contributed by atoms with Crippen molar-refractivity contribution >= 4 is 40.2 Å². The molecule has 0 saturated heterocycles. The van der Waals surface area contributed by atoms with E-state index in [1.807, 2.05) is 0 Å². The molecule has 0 aliphatic heterocycles. The number of nitrogens with zero attached hydrogens (tertiary/aromatic N) is 1. The number of furan rings is 1. The number of ether oxygens (including phenoxy) is 1. The number of nitrogens with one attached hydrogen (secondary N) is 1. The van der Waals surface area contributed by atoms with Crippen LogP contribution in [0, 0.1) is 0 Å². The molecule has 3 aromatic rings. The Morgan fingerprint density at radius 2 is 1.92 bits per heavy atom. The summed E-state index contributed by atoms with van der Waals surface area (Å²) in [6.45, 7) is 0. The lowest BCUT2D eigenvalue weighted by molar-refractivity contribution is 0.0600. The van der Waals surface area contributed by atoms with Crippen LogP contribution in [0.25, 0.3) is 11.0 Å². The minimum Gasteiger partial charge on any atom is -0.465 e. The number of hydrogen-bond acceptors (Lipinski definition) is 5. The molecule has 1 aromatic heterocycles. The third kappa shape index (κ3) is 3.64. The maximum absolute atomic E-state index is 12.4. The Hall–Kier alpha value is -3.81. The number of esters is 1. The number of nitrogens with two attached hydrogens (primary N) is 2. The van der Waals surface area contributed by atoms with Gasteiger partial charge >= 0.3 is 5.97 Å². The molecule has 0 spiro atoms. The van der Waals surface area contributed by atoms with Crippen molar-refractivity contribution in [1.29, 1.82) is 0 Å². The van der Waals surface area contributed by atoms with Gasteiger partial charge in [0.25, 0.3) is 5.91 Å². The fourth-order valence-electron chi connectivity index (χ4n) is 2.40. The van der Waals surface area contributed by atoms with Crippen LogP contribution in [0.2, 0.25) is 0 Å². The van der Waals surface area contributed by atoms with Crippen molar-refractivity contribution < 1.29 is 18.7 Å². The number of methoxy groups -OCH3 is 1. The summed E-state index contributed by atoms with van der Waals surface area (Å²) in [5.74, 6) is -0.884. The summed E-state index contributed by atoms with van der Waals surface area (Å²) in [5, 5.41) is 3.36. The van der Waals surface area contributed by atoms with Crippen molar-refractivity contribution in [1.82, 2.24) is 0 Å². The van der Waals surface area contributed by atoms with Gasteiger partial charge in [0.05, 0.1) is 18.4 Å². The SMILES string of the molecule is COC(=O)c1cccc(NC(=O)c2cc3cc(N=C(N)N)ccc3o2)c1. The Labute approximate surface area is 148 Å². The van der Waals surface area contributed by atoms with Crippen molar-refractivity contribution in [3.05, 3.63) is 59.9 Å². The van der Waals surface area contributed by atoms with E-state index in [4.69, 9.17) is 15.9 Å². The molecule has 0 aliphatic carbocycles. The van der Waals surface area contributed by atoms with Crippen LogP contribution in [0.1, 0.15) is 20.9 Å². The number of benzene rings is 2. The number of hydrogen-bond donors (Lipinski definition) is 3. The molecule has 3 rings (SSSR count). The molecule has 1 heterocycles. The maximum Gasteiger partial charge on any atom is 0.337 e. The van der Waals surface area contributed by atoms with E-state index in [9.17, 15) is 9.59 Å². The molecule has 0 unspecified atom stereocenters. The Morgan fingerprint density at radius 3 is 2.65 bits per heavy atom. The normalized spacial score (nSPS) is 10.3. The summed E-state index contributed by atoms with van der Waals surface area (Å²) >= 11 is 0. The molecular weight excluding hydrogens is 336 g/mol. The van der Waals surface area contributed by atoms with Gasteiger partial charge in [-0.05, 0) is 42.5 Å². The first-order valence-electron chi connectivity index (χ1n) is 7.59. The zero-order valence-corrected chi connectivity index (χ0v) is 13.9. The smallest absolute Gasteiger partial charge is 0.337 e. The van der Waals surface area contributed by atoms with Gasteiger partial charge in [-0.25, -0.2) is 9.79 Å². The Morgan fingerprint density at radius 1 is 1.12 bits per heavy atom. The van der Waals surface area contributed by atoms with Gasteiger partial charge in [-0.2, -0.15) is 0 Å². The second-order valence-electron chi connectivity index (χ2n) is 5.40. The highest BCUT2D eigenvalue weighted by Gasteiger charge is 2.14. The van der Waals surface area contributed by atoms with E-state index in [1.54, 1.807) is 42.5 Å². The standard InChI is InChI=1S/C18H16N4O4/c1-25-17(24)10-3-2-4-12(7-10)21-16(23)15-9-11-8-13(22-18(19)20)5-6-14(11)26-15/h2-9H,1H3,(H,21,23)(H4,19,20,22). The van der Waals surface area contributed by atoms with Gasteiger partial charge in [-0.3, -0.25) is 4.79 Å². The van der Waals surface area contributed by atoms with Gasteiger partial charge in [-0.15, -0.1) is 0 Å². The van der Waals surface area contributed by atoms with E-state index in [0.717, 1.165) is 0 Å². The van der Waals surface area contributed by atoms with Crippen LogP contribution in [-0.2, 0) is 4.74 Å². The van der Waals surface area contributed by atoms with E-state index in [0.29, 0.717) is 27.9 Å². The monoisotopic (exact) mass is 352 g/mol. The van der Waals surface area contributed by atoms with Crippen molar-refractivity contribution in [3.63, 3.8) is 0 Å². The second kappa shape index (κ2) is 6.98. The highest BCUT2D eigenvalue weighted by molar-refractivity contribution is 6.05. The van der Waals surface area contributed by atoms with Crippen LogP contribution in [0.4, 0.5) is 11.4 Å². The molecule has 2 aromatic carbocycles. The van der Waals surface area contributed by atoms with Crippen molar-refractivity contribution in [2.45, 2.75) is 0 Å². The minimum absolute atomic E-state index is 0.0590. The number of guanidine groups is 1. The van der Waals surface area contributed by atoms with Crippen LogP contribution >= 0.6 is 0 Å². The molecular formula is C18H16N4O4. The van der Waals surface area contributed by atoms with Crippen LogP contribution in [0.15, 0.2) is 57.9 Å². The Balaban J connectivity index is 1.84. The zero-order chi connectivity index (χ0) is 18.7. The number of amides is 1. The summed E-state index contributed by atoms with van der Waals surface area (Å²) in [6.07, 6.45) is 0. The zero-order valence-electron chi connectivity index (χ0n) is 13.9. The van der Waals surface area contributed by atoms with Crippen molar-refractivity contribution in [2.75, 3.05) is 12.4 Å². The molecule has 1 amide bonds. The Bertz CT molecular complexity index is 1020. The average Bonchev–Trinajstić information content (AvgIpc) is 3.04. The molecule has 0 saturated carbocycles. The first-order valence-corrected chi connectivity index (χ1v) is 7.59. The highest BCUT2D eigenvalue weighted by Crippen LogP contribution is 2.25. The van der Waals surface area contributed by atoms with Gasteiger partial charge in [-0.1, -0.05) is 6.07 Å². The van der Waals surface area contributed by atoms with Crippen LogP contribution in [0.3, 0.4) is 0 Å². The summed E-state index contributed by atoms with van der Waals surface area (Å²) < 4.78 is 10.2. The molecule has 0 bridgehead atoms. The van der Waals surface area contributed by atoms with Gasteiger partial charge in [0, 0.05) is 11.1 Å². The molecule has 8 heteroatoms. The lowest BCUT2D eigenvalue weighted by Gasteiger charge is -2.05. The first kappa shape index (κ1) is 17.0. The third-order valence-corrected chi connectivity index (χ3v) is 3.52. The quantitative estimate of drug-likeness (QED) is 0.375. The van der Waals surface area contributed by atoms with E-state index in [-0.39, 0.29) is 11.7 Å². The van der Waals surface area contributed by atoms with E-state index < -0.39 is 11.9 Å². The molecule has 0 aliphatic rings. The number of aliphatic imine (C=N–C) groups is 1. The van der Waals surface area contributed by atoms with Gasteiger partial charge in [0.1, 0.15) is 5.58 Å². The average molecular weight is 352 g/mol. The molecule has 26 heavy (non-hydrogen) atoms. The molecule has 0 fully saturated rings. The number of fused-ring (bicyclic) bond motifs is 1. The van der Waals surface area contributed by atoms with Gasteiger partial charge in [0.2, 0.25) is 0 Å². The number of rotatable bonds is 4. The largest absolute Gasteiger partial charge is 0.465 e. The first-order chi connectivity index (χ1) is 12.5.